The lowest BCUT2D eigenvalue weighted by Gasteiger charge is -2.44. The predicted molar refractivity (Wildman–Crippen MR) is 121 cm³/mol. The zero-order chi connectivity index (χ0) is 22.5. The first-order valence-electron chi connectivity index (χ1n) is 11.3. The second kappa shape index (κ2) is 7.76. The summed E-state index contributed by atoms with van der Waals surface area (Å²) in [5.74, 6) is 0.469. The number of rotatable bonds is 2. The fourth-order valence-corrected chi connectivity index (χ4v) is 5.13. The molecule has 3 aliphatic heterocycles. The van der Waals surface area contributed by atoms with Gasteiger partial charge in [-0.25, -0.2) is 0 Å². The highest BCUT2D eigenvalue weighted by Gasteiger charge is 2.45. The van der Waals surface area contributed by atoms with Crippen molar-refractivity contribution in [3.63, 3.8) is 0 Å². The number of benzene rings is 2. The van der Waals surface area contributed by atoms with Crippen molar-refractivity contribution in [2.45, 2.75) is 45.1 Å². The van der Waals surface area contributed by atoms with Crippen LogP contribution in [0.15, 0.2) is 42.5 Å². The molecule has 0 bridgehead atoms. The van der Waals surface area contributed by atoms with Gasteiger partial charge in [0, 0.05) is 44.6 Å². The summed E-state index contributed by atoms with van der Waals surface area (Å²) < 4.78 is 6.32. The number of piperidine rings is 1. The highest BCUT2D eigenvalue weighted by molar-refractivity contribution is 6.01. The standard InChI is InChI=1S/C26H28N2O4/c1-17-3-6-20(7-4-17)28-16-19(14-24(28)30)25(31)27-11-9-26(10-12-27)15-22(29)21-13-18(2)5-8-23(21)32-26/h3-8,13,19H,9-12,14-16H2,1-2H3. The smallest absolute Gasteiger partial charge is 0.228 e. The number of carbonyl (C=O) groups is 3. The van der Waals surface area contributed by atoms with E-state index in [4.69, 9.17) is 4.74 Å². The van der Waals surface area contributed by atoms with Gasteiger partial charge in [0.05, 0.1) is 17.9 Å². The second-order valence-electron chi connectivity index (χ2n) is 9.45. The summed E-state index contributed by atoms with van der Waals surface area (Å²) in [7, 11) is 0. The van der Waals surface area contributed by atoms with E-state index < -0.39 is 5.60 Å². The van der Waals surface area contributed by atoms with Crippen molar-refractivity contribution in [3.8, 4) is 5.75 Å². The number of likely N-dealkylation sites (tertiary alicyclic amines) is 1. The fourth-order valence-electron chi connectivity index (χ4n) is 5.13. The van der Waals surface area contributed by atoms with Crippen LogP contribution in [-0.2, 0) is 9.59 Å². The monoisotopic (exact) mass is 432 g/mol. The summed E-state index contributed by atoms with van der Waals surface area (Å²) in [6.45, 7) is 5.49. The number of carbonyl (C=O) groups excluding carboxylic acids is 3. The maximum absolute atomic E-state index is 13.2. The van der Waals surface area contributed by atoms with Crippen LogP contribution in [0.5, 0.6) is 5.75 Å². The minimum Gasteiger partial charge on any atom is -0.486 e. The molecule has 3 aliphatic rings. The number of ether oxygens (including phenoxy) is 1. The normalized spacial score (nSPS) is 22.1. The Bertz CT molecular complexity index is 1080. The minimum absolute atomic E-state index is 0.00575. The first-order chi connectivity index (χ1) is 15.3. The first kappa shape index (κ1) is 20.7. The molecule has 5 rings (SSSR count). The molecule has 2 aromatic carbocycles. The number of hydrogen-bond acceptors (Lipinski definition) is 4. The number of amides is 2. The van der Waals surface area contributed by atoms with E-state index in [1.807, 2.05) is 61.2 Å². The van der Waals surface area contributed by atoms with Crippen molar-refractivity contribution in [1.82, 2.24) is 4.90 Å². The van der Waals surface area contributed by atoms with Crippen LogP contribution in [0.4, 0.5) is 5.69 Å². The highest BCUT2D eigenvalue weighted by Crippen LogP contribution is 2.40. The van der Waals surface area contributed by atoms with Gasteiger partial charge < -0.3 is 14.5 Å². The molecule has 0 aliphatic carbocycles. The zero-order valence-corrected chi connectivity index (χ0v) is 18.6. The van der Waals surface area contributed by atoms with Crippen LogP contribution >= 0.6 is 0 Å². The van der Waals surface area contributed by atoms with Gasteiger partial charge in [-0.3, -0.25) is 14.4 Å². The third kappa shape index (κ3) is 3.68. The van der Waals surface area contributed by atoms with Gasteiger partial charge >= 0.3 is 0 Å². The Labute approximate surface area is 188 Å². The summed E-state index contributed by atoms with van der Waals surface area (Å²) in [6, 6.07) is 13.5. The van der Waals surface area contributed by atoms with Gasteiger partial charge in [0.2, 0.25) is 11.8 Å². The molecule has 0 aromatic heterocycles. The molecule has 0 N–H and O–H groups in total. The fraction of sp³-hybridized carbons (Fsp3) is 0.423. The average Bonchev–Trinajstić information content (AvgIpc) is 3.17. The topological polar surface area (TPSA) is 66.9 Å². The molecular formula is C26H28N2O4. The molecule has 1 spiro atoms. The van der Waals surface area contributed by atoms with Crippen LogP contribution in [-0.4, -0.2) is 47.7 Å². The molecule has 1 atom stereocenters. The molecule has 2 fully saturated rings. The number of ketones is 1. The molecule has 1 unspecified atom stereocenters. The number of anilines is 1. The number of Topliss-reactive ketones (excluding diaryl/α,β-unsaturated/α-hetero) is 1. The van der Waals surface area contributed by atoms with E-state index in [1.54, 1.807) is 4.90 Å². The predicted octanol–water partition coefficient (Wildman–Crippen LogP) is 3.68. The second-order valence-corrected chi connectivity index (χ2v) is 9.45. The van der Waals surface area contributed by atoms with E-state index in [0.717, 1.165) is 16.8 Å². The molecule has 2 amide bonds. The van der Waals surface area contributed by atoms with Crippen molar-refractivity contribution < 1.29 is 19.1 Å². The first-order valence-corrected chi connectivity index (χ1v) is 11.3. The summed E-state index contributed by atoms with van der Waals surface area (Å²) >= 11 is 0. The molecule has 166 valence electrons. The van der Waals surface area contributed by atoms with Gasteiger partial charge in [-0.1, -0.05) is 29.3 Å². The third-order valence-corrected chi connectivity index (χ3v) is 7.05. The van der Waals surface area contributed by atoms with Crippen molar-refractivity contribution in [1.29, 1.82) is 0 Å². The Morgan fingerprint density at radius 3 is 2.41 bits per heavy atom. The Morgan fingerprint density at radius 1 is 1.00 bits per heavy atom. The van der Waals surface area contributed by atoms with E-state index in [1.165, 1.54) is 0 Å². The van der Waals surface area contributed by atoms with Crippen molar-refractivity contribution in [2.75, 3.05) is 24.5 Å². The van der Waals surface area contributed by atoms with Crippen LogP contribution in [0.1, 0.15) is 47.2 Å². The highest BCUT2D eigenvalue weighted by atomic mass is 16.5. The summed E-state index contributed by atoms with van der Waals surface area (Å²) in [5.41, 5.74) is 3.15. The SMILES string of the molecule is Cc1ccc(N2CC(C(=O)N3CCC4(CC3)CC(=O)c3cc(C)ccc3O4)CC2=O)cc1. The van der Waals surface area contributed by atoms with E-state index in [-0.39, 0.29) is 29.9 Å². The lowest BCUT2D eigenvalue weighted by Crippen LogP contribution is -2.53. The lowest BCUT2D eigenvalue weighted by atomic mass is 9.82. The number of nitrogens with zero attached hydrogens (tertiary/aromatic N) is 2. The van der Waals surface area contributed by atoms with Gasteiger partial charge in [0.1, 0.15) is 11.4 Å². The van der Waals surface area contributed by atoms with Gasteiger partial charge in [0.15, 0.2) is 5.78 Å². The maximum Gasteiger partial charge on any atom is 0.228 e. The third-order valence-electron chi connectivity index (χ3n) is 7.05. The molecule has 0 saturated carbocycles. The lowest BCUT2D eigenvalue weighted by molar-refractivity contribution is -0.139. The van der Waals surface area contributed by atoms with Crippen LogP contribution < -0.4 is 9.64 Å². The maximum atomic E-state index is 13.2. The summed E-state index contributed by atoms with van der Waals surface area (Å²) in [6.07, 6.45) is 1.85. The number of hydrogen-bond donors (Lipinski definition) is 0. The van der Waals surface area contributed by atoms with Gasteiger partial charge in [0.25, 0.3) is 0 Å². The van der Waals surface area contributed by atoms with Gasteiger partial charge in [-0.15, -0.1) is 0 Å². The average molecular weight is 433 g/mol. The van der Waals surface area contributed by atoms with Crippen LogP contribution in [0.2, 0.25) is 0 Å². The Hall–Kier alpha value is -3.15. The largest absolute Gasteiger partial charge is 0.486 e. The molecule has 6 nitrogen and oxygen atoms in total. The van der Waals surface area contributed by atoms with Crippen LogP contribution in [0.3, 0.4) is 0 Å². The minimum atomic E-state index is -0.532. The summed E-state index contributed by atoms with van der Waals surface area (Å²) in [4.78, 5) is 42.1. The van der Waals surface area contributed by atoms with E-state index in [0.29, 0.717) is 50.2 Å². The molecule has 6 heteroatoms. The van der Waals surface area contributed by atoms with Crippen LogP contribution in [0.25, 0.3) is 0 Å². The molecule has 2 aromatic rings. The summed E-state index contributed by atoms with van der Waals surface area (Å²) in [5, 5.41) is 0. The van der Waals surface area contributed by atoms with E-state index in [9.17, 15) is 14.4 Å². The van der Waals surface area contributed by atoms with Gasteiger partial charge in [-0.2, -0.15) is 0 Å². The number of aryl methyl sites for hydroxylation is 2. The molecule has 3 heterocycles. The van der Waals surface area contributed by atoms with Crippen molar-refractivity contribution >= 4 is 23.3 Å². The number of fused-ring (bicyclic) bond motifs is 1. The Morgan fingerprint density at radius 2 is 1.69 bits per heavy atom. The Kier molecular flexibility index (Phi) is 5.03. The zero-order valence-electron chi connectivity index (χ0n) is 18.6. The Balaban J connectivity index is 1.23. The molecule has 2 saturated heterocycles. The quantitative estimate of drug-likeness (QED) is 0.726. The van der Waals surface area contributed by atoms with E-state index >= 15 is 0 Å². The van der Waals surface area contributed by atoms with Crippen LogP contribution in [0, 0.1) is 19.8 Å². The van der Waals surface area contributed by atoms with Crippen molar-refractivity contribution in [2.24, 2.45) is 5.92 Å². The van der Waals surface area contributed by atoms with Gasteiger partial charge in [-0.05, 0) is 38.1 Å². The molecule has 0 radical (unpaired) electrons. The van der Waals surface area contributed by atoms with E-state index in [2.05, 4.69) is 0 Å². The molecular weight excluding hydrogens is 404 g/mol. The van der Waals surface area contributed by atoms with Crippen molar-refractivity contribution in [3.05, 3.63) is 59.2 Å². The molecule has 32 heavy (non-hydrogen) atoms.